The first-order chi connectivity index (χ1) is 5.02. The predicted molar refractivity (Wildman–Crippen MR) is 36.0 cm³/mol. The van der Waals surface area contributed by atoms with Gasteiger partial charge in [0.2, 0.25) is 0 Å². The second kappa shape index (κ2) is 4.59. The molecule has 0 heterocycles. The van der Waals surface area contributed by atoms with Crippen LogP contribution in [0.1, 0.15) is 13.3 Å². The summed E-state index contributed by atoms with van der Waals surface area (Å²) in [5, 5.41) is 0. The summed E-state index contributed by atoms with van der Waals surface area (Å²) in [4.78, 5) is 0. The van der Waals surface area contributed by atoms with E-state index in [-0.39, 0.29) is 19.6 Å². The van der Waals surface area contributed by atoms with Crippen LogP contribution in [0.25, 0.3) is 0 Å². The van der Waals surface area contributed by atoms with Crippen molar-refractivity contribution in [1.29, 1.82) is 0 Å². The Morgan fingerprint density at radius 1 is 1.45 bits per heavy atom. The van der Waals surface area contributed by atoms with Gasteiger partial charge in [0.05, 0.1) is 12.5 Å². The van der Waals surface area contributed by atoms with Crippen LogP contribution in [0.15, 0.2) is 0 Å². The van der Waals surface area contributed by atoms with Crippen LogP contribution in [0.2, 0.25) is 0 Å². The molecule has 1 atom stereocenters. The summed E-state index contributed by atoms with van der Waals surface area (Å²) >= 11 is 0. The molecular weight excluding hydrogens is 157 g/mol. The van der Waals surface area contributed by atoms with E-state index in [1.165, 1.54) is 6.92 Å². The first-order valence-corrected chi connectivity index (χ1v) is 3.46. The Hall–Kier alpha value is -0.250. The van der Waals surface area contributed by atoms with Gasteiger partial charge in [0.15, 0.2) is 0 Å². The van der Waals surface area contributed by atoms with E-state index in [4.69, 9.17) is 0 Å². The van der Waals surface area contributed by atoms with Gasteiger partial charge < -0.3 is 4.74 Å². The highest BCUT2D eigenvalue weighted by molar-refractivity contribution is 4.64. The van der Waals surface area contributed by atoms with Crippen molar-refractivity contribution in [3.8, 4) is 0 Å². The number of hydrogen-bond donors (Lipinski definition) is 0. The van der Waals surface area contributed by atoms with Crippen molar-refractivity contribution in [3.05, 3.63) is 6.92 Å². The molecule has 11 heavy (non-hydrogen) atoms. The van der Waals surface area contributed by atoms with Crippen LogP contribution in [0.3, 0.4) is 0 Å². The zero-order valence-corrected chi connectivity index (χ0v) is 6.45. The average Bonchev–Trinajstić information content (AvgIpc) is 1.87. The fourth-order valence-electron chi connectivity index (χ4n) is 0.669. The zero-order chi connectivity index (χ0) is 8.91. The van der Waals surface area contributed by atoms with Gasteiger partial charge in [-0.2, -0.15) is 13.2 Å². The second-order valence-electron chi connectivity index (χ2n) is 2.22. The first kappa shape index (κ1) is 10.8. The minimum atomic E-state index is -4.14. The lowest BCUT2D eigenvalue weighted by Gasteiger charge is -2.17. The molecule has 0 spiro atoms. The summed E-state index contributed by atoms with van der Waals surface area (Å²) in [5.74, 6) is -1.34. The molecule has 0 aliphatic heterocycles. The Morgan fingerprint density at radius 2 is 2.00 bits per heavy atom. The van der Waals surface area contributed by atoms with Gasteiger partial charge in [-0.15, -0.1) is 0 Å². The quantitative estimate of drug-likeness (QED) is 0.628. The smallest absolute Gasteiger partial charge is 0.381 e. The summed E-state index contributed by atoms with van der Waals surface area (Å²) in [7, 11) is 0. The summed E-state index contributed by atoms with van der Waals surface area (Å²) in [6.07, 6.45) is -4.08. The van der Waals surface area contributed by atoms with Gasteiger partial charge in [-0.1, -0.05) is 6.92 Å². The van der Waals surface area contributed by atoms with Crippen molar-refractivity contribution in [2.24, 2.45) is 5.92 Å². The molecule has 0 saturated heterocycles. The minimum absolute atomic E-state index is 0.0590. The molecule has 0 rings (SSSR count). The van der Waals surface area contributed by atoms with E-state index in [2.05, 4.69) is 11.7 Å². The molecular formula is C7H12F3O. The van der Waals surface area contributed by atoms with Gasteiger partial charge >= 0.3 is 6.18 Å². The van der Waals surface area contributed by atoms with Crippen molar-refractivity contribution < 1.29 is 17.9 Å². The Balaban J connectivity index is 3.76. The highest BCUT2D eigenvalue weighted by Crippen LogP contribution is 2.28. The van der Waals surface area contributed by atoms with Crippen molar-refractivity contribution in [2.45, 2.75) is 19.5 Å². The van der Waals surface area contributed by atoms with Gasteiger partial charge in [0, 0.05) is 6.61 Å². The lowest BCUT2D eigenvalue weighted by molar-refractivity contribution is -0.188. The van der Waals surface area contributed by atoms with Crippen molar-refractivity contribution >= 4 is 0 Å². The van der Waals surface area contributed by atoms with E-state index in [9.17, 15) is 13.2 Å². The molecule has 4 heteroatoms. The molecule has 0 aliphatic carbocycles. The van der Waals surface area contributed by atoms with Crippen LogP contribution >= 0.6 is 0 Å². The number of hydrogen-bond acceptors (Lipinski definition) is 1. The fraction of sp³-hybridized carbons (Fsp3) is 0.857. The lowest BCUT2D eigenvalue weighted by atomic mass is 10.1. The van der Waals surface area contributed by atoms with Gasteiger partial charge in [-0.05, 0) is 13.3 Å². The number of halogens is 3. The summed E-state index contributed by atoms with van der Waals surface area (Å²) in [6.45, 7) is 4.59. The third-order valence-electron chi connectivity index (χ3n) is 1.42. The molecule has 0 saturated carbocycles. The Kier molecular flexibility index (Phi) is 4.49. The SMILES string of the molecule is [CH2]COCC(CC)C(F)(F)F. The van der Waals surface area contributed by atoms with Crippen molar-refractivity contribution in [3.63, 3.8) is 0 Å². The molecule has 1 nitrogen and oxygen atoms in total. The molecule has 0 N–H and O–H groups in total. The van der Waals surface area contributed by atoms with Crippen molar-refractivity contribution in [1.82, 2.24) is 0 Å². The van der Waals surface area contributed by atoms with Crippen LogP contribution in [0.4, 0.5) is 13.2 Å². The summed E-state index contributed by atoms with van der Waals surface area (Å²) in [6, 6.07) is 0. The average molecular weight is 169 g/mol. The molecule has 67 valence electrons. The highest BCUT2D eigenvalue weighted by atomic mass is 19.4. The third kappa shape index (κ3) is 4.24. The Bertz CT molecular complexity index is 100. The largest absolute Gasteiger partial charge is 0.394 e. The monoisotopic (exact) mass is 169 g/mol. The predicted octanol–water partition coefficient (Wildman–Crippen LogP) is 2.43. The molecule has 0 fully saturated rings. The second-order valence-corrected chi connectivity index (χ2v) is 2.22. The molecule has 0 aromatic heterocycles. The van der Waals surface area contributed by atoms with Crippen LogP contribution in [0, 0.1) is 12.8 Å². The molecule has 0 aliphatic rings. The minimum Gasteiger partial charge on any atom is -0.381 e. The van der Waals surface area contributed by atoms with Crippen LogP contribution in [0.5, 0.6) is 0 Å². The van der Waals surface area contributed by atoms with Crippen LogP contribution < -0.4 is 0 Å². The summed E-state index contributed by atoms with van der Waals surface area (Å²) < 4.78 is 40.4. The van der Waals surface area contributed by atoms with Gasteiger partial charge in [0.1, 0.15) is 0 Å². The summed E-state index contributed by atoms with van der Waals surface area (Å²) in [5.41, 5.74) is 0. The topological polar surface area (TPSA) is 9.23 Å². The molecule has 1 unspecified atom stereocenters. The maximum Gasteiger partial charge on any atom is 0.394 e. The maximum atomic E-state index is 11.9. The van der Waals surface area contributed by atoms with E-state index in [1.54, 1.807) is 0 Å². The lowest BCUT2D eigenvalue weighted by Crippen LogP contribution is -2.26. The number of ether oxygens (including phenoxy) is 1. The van der Waals surface area contributed by atoms with Gasteiger partial charge in [-0.25, -0.2) is 0 Å². The van der Waals surface area contributed by atoms with E-state index in [0.29, 0.717) is 0 Å². The number of alkyl halides is 3. The Morgan fingerprint density at radius 3 is 2.27 bits per heavy atom. The van der Waals surface area contributed by atoms with E-state index in [0.717, 1.165) is 0 Å². The zero-order valence-electron chi connectivity index (χ0n) is 6.45. The first-order valence-electron chi connectivity index (χ1n) is 3.46. The van der Waals surface area contributed by atoms with Crippen LogP contribution in [-0.4, -0.2) is 19.4 Å². The van der Waals surface area contributed by atoms with E-state index in [1.807, 2.05) is 0 Å². The van der Waals surface area contributed by atoms with E-state index >= 15 is 0 Å². The van der Waals surface area contributed by atoms with Crippen LogP contribution in [-0.2, 0) is 4.74 Å². The van der Waals surface area contributed by atoms with E-state index < -0.39 is 12.1 Å². The van der Waals surface area contributed by atoms with Gasteiger partial charge in [0.25, 0.3) is 0 Å². The fourth-order valence-corrected chi connectivity index (χ4v) is 0.669. The Labute approximate surface area is 64.5 Å². The normalized spacial score (nSPS) is 15.0. The standard InChI is InChI=1S/C7H12F3O/c1-3-6(5-11-4-2)7(8,9)10/h6H,2-5H2,1H3. The molecule has 1 radical (unpaired) electrons. The van der Waals surface area contributed by atoms with Crippen molar-refractivity contribution in [2.75, 3.05) is 13.2 Å². The van der Waals surface area contributed by atoms with Gasteiger partial charge in [-0.3, -0.25) is 0 Å². The molecule has 0 aromatic rings. The molecule has 0 amide bonds. The highest BCUT2D eigenvalue weighted by Gasteiger charge is 2.37. The molecule has 0 bridgehead atoms. The third-order valence-corrected chi connectivity index (χ3v) is 1.42. The number of rotatable bonds is 4. The maximum absolute atomic E-state index is 11.9. The molecule has 0 aromatic carbocycles.